The summed E-state index contributed by atoms with van der Waals surface area (Å²) in [5.74, 6) is 0.639. The summed E-state index contributed by atoms with van der Waals surface area (Å²) in [6.45, 7) is 14.6. The zero-order chi connectivity index (χ0) is 13.1. The van der Waals surface area contributed by atoms with Crippen LogP contribution in [0.3, 0.4) is 0 Å². The molecule has 0 radical (unpaired) electrons. The van der Waals surface area contributed by atoms with Crippen LogP contribution in [0.1, 0.15) is 0 Å². The van der Waals surface area contributed by atoms with E-state index in [1.165, 1.54) is 0 Å². The molecule has 4 heteroatoms. The third-order valence-electron chi connectivity index (χ3n) is 2.69. The second-order valence-corrected chi connectivity index (χ2v) is 4.11. The number of nitrogens with zero attached hydrogens (tertiary/aromatic N) is 1. The van der Waals surface area contributed by atoms with Crippen molar-refractivity contribution >= 4 is 0 Å². The first-order valence-corrected chi connectivity index (χ1v) is 6.44. The summed E-state index contributed by atoms with van der Waals surface area (Å²) in [6, 6.07) is 0. The summed E-state index contributed by atoms with van der Waals surface area (Å²) in [7, 11) is 0. The van der Waals surface area contributed by atoms with Crippen molar-refractivity contribution < 1.29 is 9.47 Å². The molecule has 1 N–H and O–H groups in total. The Kier molecular flexibility index (Phi) is 8.21. The smallest absolute Gasteiger partial charge is 0.112 e. The number of hydrogen-bond donors (Lipinski definition) is 1. The molecule has 4 nitrogen and oxygen atoms in total. The Bertz CT molecular complexity index is 271. The van der Waals surface area contributed by atoms with Gasteiger partial charge in [0.05, 0.1) is 13.2 Å². The van der Waals surface area contributed by atoms with Crippen molar-refractivity contribution in [3.8, 4) is 0 Å². The Morgan fingerprint density at radius 1 is 1.22 bits per heavy atom. The van der Waals surface area contributed by atoms with Crippen LogP contribution in [0.2, 0.25) is 0 Å². The van der Waals surface area contributed by atoms with Crippen molar-refractivity contribution in [1.29, 1.82) is 0 Å². The number of ether oxygens (including phenoxy) is 2. The van der Waals surface area contributed by atoms with E-state index in [-0.39, 0.29) is 0 Å². The fourth-order valence-corrected chi connectivity index (χ4v) is 1.69. The summed E-state index contributed by atoms with van der Waals surface area (Å²) in [5.41, 5.74) is 0. The fraction of sp³-hybridized carbons (Fsp3) is 0.571. The maximum absolute atomic E-state index is 5.52. The molecule has 18 heavy (non-hydrogen) atoms. The van der Waals surface area contributed by atoms with Crippen molar-refractivity contribution in [1.82, 2.24) is 10.2 Å². The van der Waals surface area contributed by atoms with Gasteiger partial charge in [-0.1, -0.05) is 25.3 Å². The lowest BCUT2D eigenvalue weighted by Crippen LogP contribution is -2.44. The van der Waals surface area contributed by atoms with Crippen LogP contribution >= 0.6 is 0 Å². The third kappa shape index (κ3) is 7.27. The molecule has 0 aromatic carbocycles. The van der Waals surface area contributed by atoms with E-state index in [0.717, 1.165) is 39.3 Å². The minimum atomic E-state index is 0.544. The van der Waals surface area contributed by atoms with E-state index < -0.39 is 0 Å². The van der Waals surface area contributed by atoms with E-state index in [0.29, 0.717) is 19.0 Å². The molecule has 1 aliphatic rings. The van der Waals surface area contributed by atoms with Crippen LogP contribution in [-0.4, -0.2) is 57.4 Å². The fourth-order valence-electron chi connectivity index (χ4n) is 1.69. The lowest BCUT2D eigenvalue weighted by atomic mass is 10.4. The monoisotopic (exact) mass is 252 g/mol. The third-order valence-corrected chi connectivity index (χ3v) is 2.69. The molecule has 1 heterocycles. The Balaban J connectivity index is 1.90. The highest BCUT2D eigenvalue weighted by atomic mass is 16.5. The van der Waals surface area contributed by atoms with Crippen LogP contribution in [0.4, 0.5) is 0 Å². The summed E-state index contributed by atoms with van der Waals surface area (Å²) in [6.07, 6.45) is 5.28. The molecule has 102 valence electrons. The zero-order valence-corrected chi connectivity index (χ0v) is 11.1. The highest BCUT2D eigenvalue weighted by Gasteiger charge is 2.08. The summed E-state index contributed by atoms with van der Waals surface area (Å²) >= 11 is 0. The normalized spacial score (nSPS) is 16.9. The Hall–Kier alpha value is -1.10. The van der Waals surface area contributed by atoms with E-state index >= 15 is 0 Å². The molecule has 1 saturated heterocycles. The topological polar surface area (TPSA) is 33.7 Å². The van der Waals surface area contributed by atoms with Gasteiger partial charge >= 0.3 is 0 Å². The lowest BCUT2D eigenvalue weighted by molar-refractivity contribution is 0.0618. The second-order valence-electron chi connectivity index (χ2n) is 4.11. The summed E-state index contributed by atoms with van der Waals surface area (Å²) in [4.78, 5) is 2.41. The average Bonchev–Trinajstić information content (AvgIpc) is 2.41. The van der Waals surface area contributed by atoms with Gasteiger partial charge in [0, 0.05) is 32.7 Å². The van der Waals surface area contributed by atoms with Gasteiger partial charge < -0.3 is 14.8 Å². The van der Waals surface area contributed by atoms with Crippen LogP contribution in [0.15, 0.2) is 37.1 Å². The Morgan fingerprint density at radius 2 is 2.00 bits per heavy atom. The predicted molar refractivity (Wildman–Crippen MR) is 74.6 cm³/mol. The molecular weight excluding hydrogens is 228 g/mol. The first-order chi connectivity index (χ1) is 8.83. The largest absolute Gasteiger partial charge is 0.492 e. The molecule has 1 rings (SSSR count). The van der Waals surface area contributed by atoms with Crippen LogP contribution in [0, 0.1) is 0 Å². The molecule has 1 aliphatic heterocycles. The molecule has 0 aromatic heterocycles. The molecule has 1 fully saturated rings. The molecule has 0 aliphatic carbocycles. The highest BCUT2D eigenvalue weighted by Crippen LogP contribution is 1.96. The van der Waals surface area contributed by atoms with Crippen LogP contribution < -0.4 is 5.32 Å². The van der Waals surface area contributed by atoms with E-state index in [1.54, 1.807) is 18.2 Å². The van der Waals surface area contributed by atoms with Crippen molar-refractivity contribution in [2.45, 2.75) is 0 Å². The lowest BCUT2D eigenvalue weighted by Gasteiger charge is -2.26. The van der Waals surface area contributed by atoms with Gasteiger partial charge in [-0.15, -0.1) is 0 Å². The van der Waals surface area contributed by atoms with E-state index in [9.17, 15) is 0 Å². The van der Waals surface area contributed by atoms with Gasteiger partial charge in [0.1, 0.15) is 12.4 Å². The number of hydrogen-bond acceptors (Lipinski definition) is 4. The minimum absolute atomic E-state index is 0.544. The number of piperazine rings is 1. The first kappa shape index (κ1) is 15.0. The quantitative estimate of drug-likeness (QED) is 0.379. The van der Waals surface area contributed by atoms with Gasteiger partial charge in [-0.3, -0.25) is 4.90 Å². The molecule has 0 unspecified atom stereocenters. The zero-order valence-electron chi connectivity index (χ0n) is 11.1. The first-order valence-electron chi connectivity index (χ1n) is 6.44. The number of nitrogens with one attached hydrogen (secondary N) is 1. The molecule has 0 spiro atoms. The molecular formula is C14H24N2O2. The van der Waals surface area contributed by atoms with Crippen LogP contribution in [0.5, 0.6) is 0 Å². The van der Waals surface area contributed by atoms with Crippen molar-refractivity contribution in [3.63, 3.8) is 0 Å². The van der Waals surface area contributed by atoms with Gasteiger partial charge in [0.15, 0.2) is 0 Å². The maximum atomic E-state index is 5.52. The molecule has 0 saturated carbocycles. The Morgan fingerprint density at radius 3 is 2.72 bits per heavy atom. The molecule has 0 bridgehead atoms. The SMILES string of the molecule is C=C/C=C\C(=C)OCCOCCN1CCNCC1. The summed E-state index contributed by atoms with van der Waals surface area (Å²) in [5, 5.41) is 3.33. The van der Waals surface area contributed by atoms with Crippen molar-refractivity contribution in [2.75, 3.05) is 52.5 Å². The van der Waals surface area contributed by atoms with E-state index in [4.69, 9.17) is 9.47 Å². The van der Waals surface area contributed by atoms with Crippen LogP contribution in [0.25, 0.3) is 0 Å². The highest BCUT2D eigenvalue weighted by molar-refractivity contribution is 5.12. The number of allylic oxidation sites excluding steroid dienone is 3. The minimum Gasteiger partial charge on any atom is -0.492 e. The standard InChI is InChI=1S/C14H24N2O2/c1-3-4-5-14(2)18-13-12-17-11-10-16-8-6-15-7-9-16/h3-5,15H,1-2,6-13H2/b5-4-. The van der Waals surface area contributed by atoms with Gasteiger partial charge in [0.25, 0.3) is 0 Å². The van der Waals surface area contributed by atoms with Gasteiger partial charge in [-0.05, 0) is 6.08 Å². The van der Waals surface area contributed by atoms with Gasteiger partial charge in [0.2, 0.25) is 0 Å². The van der Waals surface area contributed by atoms with Crippen molar-refractivity contribution in [2.24, 2.45) is 0 Å². The molecule has 0 atom stereocenters. The van der Waals surface area contributed by atoms with E-state index in [1.807, 2.05) is 0 Å². The predicted octanol–water partition coefficient (Wildman–Crippen LogP) is 1.18. The maximum Gasteiger partial charge on any atom is 0.112 e. The summed E-state index contributed by atoms with van der Waals surface area (Å²) < 4.78 is 10.9. The molecule has 0 aromatic rings. The van der Waals surface area contributed by atoms with E-state index in [2.05, 4.69) is 23.4 Å². The Labute approximate surface area is 110 Å². The molecule has 0 amide bonds. The second kappa shape index (κ2) is 9.88. The average molecular weight is 252 g/mol. The van der Waals surface area contributed by atoms with Crippen molar-refractivity contribution in [3.05, 3.63) is 37.1 Å². The van der Waals surface area contributed by atoms with Gasteiger partial charge in [-0.25, -0.2) is 0 Å². The van der Waals surface area contributed by atoms with Gasteiger partial charge in [-0.2, -0.15) is 0 Å². The number of rotatable bonds is 9. The van der Waals surface area contributed by atoms with Crippen LogP contribution in [-0.2, 0) is 9.47 Å².